The van der Waals surface area contributed by atoms with Crippen molar-refractivity contribution in [3.63, 3.8) is 0 Å². The summed E-state index contributed by atoms with van der Waals surface area (Å²) in [7, 11) is 1.53. The lowest BCUT2D eigenvalue weighted by atomic mass is 9.87. The summed E-state index contributed by atoms with van der Waals surface area (Å²) >= 11 is 0. The molecule has 0 aromatic heterocycles. The number of cyclic esters (lactones) is 1. The number of allylic oxidation sites excluding steroid dienone is 4. The molecule has 0 aromatic rings. The maximum atomic E-state index is 12.7. The number of carbonyl (C=O) groups excluding carboxylic acids is 4. The van der Waals surface area contributed by atoms with Gasteiger partial charge in [0.2, 0.25) is 11.8 Å². The van der Waals surface area contributed by atoms with Crippen LogP contribution in [0.4, 0.5) is 0 Å². The Hall–Kier alpha value is -2.58. The highest BCUT2D eigenvalue weighted by molar-refractivity contribution is 5.97. The molecule has 2 aliphatic rings. The van der Waals surface area contributed by atoms with Crippen molar-refractivity contribution < 1.29 is 33.8 Å². The van der Waals surface area contributed by atoms with Crippen molar-refractivity contribution in [1.82, 2.24) is 5.32 Å². The molecule has 5 atom stereocenters. The monoisotopic (exact) mass is 489 g/mol. The Morgan fingerprint density at radius 2 is 1.94 bits per heavy atom. The van der Waals surface area contributed by atoms with E-state index in [0.29, 0.717) is 24.8 Å². The molecule has 2 rings (SSSR count). The normalized spacial score (nSPS) is 29.6. The van der Waals surface area contributed by atoms with Crippen LogP contribution in [-0.2, 0) is 28.7 Å². The average Bonchev–Trinajstić information content (AvgIpc) is 2.79. The molecule has 2 heterocycles. The van der Waals surface area contributed by atoms with Gasteiger partial charge < -0.3 is 14.6 Å². The predicted octanol–water partition coefficient (Wildman–Crippen LogP) is 3.19. The van der Waals surface area contributed by atoms with Gasteiger partial charge in [0.05, 0.1) is 6.10 Å². The van der Waals surface area contributed by atoms with E-state index in [9.17, 15) is 24.3 Å². The maximum absolute atomic E-state index is 12.7. The van der Waals surface area contributed by atoms with Crippen molar-refractivity contribution in [2.24, 2.45) is 17.8 Å². The first-order valence-electron chi connectivity index (χ1n) is 12.4. The molecule has 35 heavy (non-hydrogen) atoms. The second-order valence-corrected chi connectivity index (χ2v) is 9.62. The fraction of sp³-hybridized carbons (Fsp3) is 0.630. The lowest BCUT2D eigenvalue weighted by Crippen LogP contribution is -2.41. The number of hydrogen-bond acceptors (Lipinski definition) is 7. The van der Waals surface area contributed by atoms with Crippen LogP contribution < -0.4 is 5.32 Å². The molecular weight excluding hydrogens is 450 g/mol. The van der Waals surface area contributed by atoms with Crippen molar-refractivity contribution >= 4 is 23.6 Å². The van der Waals surface area contributed by atoms with Crippen LogP contribution in [0.2, 0.25) is 0 Å². The summed E-state index contributed by atoms with van der Waals surface area (Å²) in [6.07, 6.45) is 10.3. The Bertz CT molecular complexity index is 844. The second kappa shape index (κ2) is 14.1. The summed E-state index contributed by atoms with van der Waals surface area (Å²) in [5.74, 6) is -2.08. The molecule has 0 bridgehead atoms. The smallest absolute Gasteiger partial charge is 0.306 e. The minimum atomic E-state index is -0.905. The first-order valence-corrected chi connectivity index (χ1v) is 12.4. The molecule has 1 saturated heterocycles. The number of esters is 1. The van der Waals surface area contributed by atoms with Crippen LogP contribution >= 0.6 is 0 Å². The highest BCUT2D eigenvalue weighted by atomic mass is 16.5. The van der Waals surface area contributed by atoms with E-state index >= 15 is 0 Å². The van der Waals surface area contributed by atoms with Crippen molar-refractivity contribution in [3.8, 4) is 0 Å². The number of carbonyl (C=O) groups is 4. The number of nitrogens with one attached hydrogen (secondary N) is 1. The fourth-order valence-electron chi connectivity index (χ4n) is 4.51. The number of imide groups is 1. The van der Waals surface area contributed by atoms with E-state index in [1.807, 2.05) is 12.2 Å². The first-order chi connectivity index (χ1) is 16.6. The predicted molar refractivity (Wildman–Crippen MR) is 131 cm³/mol. The second-order valence-electron chi connectivity index (χ2n) is 9.62. The Labute approximate surface area is 207 Å². The molecule has 0 spiro atoms. The minimum absolute atomic E-state index is 0.103. The Balaban J connectivity index is 2.10. The Morgan fingerprint density at radius 1 is 1.26 bits per heavy atom. The summed E-state index contributed by atoms with van der Waals surface area (Å²) in [6, 6.07) is 0. The molecule has 2 aliphatic heterocycles. The van der Waals surface area contributed by atoms with Crippen molar-refractivity contribution in [2.45, 2.75) is 84.0 Å². The summed E-state index contributed by atoms with van der Waals surface area (Å²) in [5, 5.41) is 13.2. The van der Waals surface area contributed by atoms with E-state index in [4.69, 9.17) is 9.47 Å². The molecule has 1 fully saturated rings. The summed E-state index contributed by atoms with van der Waals surface area (Å²) in [6.45, 7) is 5.36. The van der Waals surface area contributed by atoms with Crippen LogP contribution in [-0.4, -0.2) is 54.1 Å². The van der Waals surface area contributed by atoms with Crippen molar-refractivity contribution in [1.29, 1.82) is 0 Å². The van der Waals surface area contributed by atoms with Gasteiger partial charge >= 0.3 is 5.97 Å². The third-order valence-electron chi connectivity index (χ3n) is 6.60. The van der Waals surface area contributed by atoms with E-state index in [-0.39, 0.29) is 42.3 Å². The molecule has 0 aromatic carbocycles. The minimum Gasteiger partial charge on any atom is -0.457 e. The Kier molecular flexibility index (Phi) is 11.5. The number of methoxy groups -OCH3 is 1. The summed E-state index contributed by atoms with van der Waals surface area (Å²) in [4.78, 5) is 48.1. The highest BCUT2D eigenvalue weighted by Crippen LogP contribution is 2.26. The third kappa shape index (κ3) is 9.18. The van der Waals surface area contributed by atoms with E-state index in [0.717, 1.165) is 12.8 Å². The number of hydrogen-bond donors (Lipinski definition) is 2. The van der Waals surface area contributed by atoms with E-state index in [1.54, 1.807) is 32.9 Å². The molecule has 0 saturated carbocycles. The molecule has 194 valence electrons. The van der Waals surface area contributed by atoms with Crippen LogP contribution in [0.25, 0.3) is 0 Å². The largest absolute Gasteiger partial charge is 0.457 e. The molecule has 2 N–H and O–H groups in total. The van der Waals surface area contributed by atoms with Gasteiger partial charge in [0, 0.05) is 38.2 Å². The van der Waals surface area contributed by atoms with E-state index < -0.39 is 30.1 Å². The van der Waals surface area contributed by atoms with Gasteiger partial charge in [-0.25, -0.2) is 0 Å². The molecule has 8 nitrogen and oxygen atoms in total. The third-order valence-corrected chi connectivity index (χ3v) is 6.60. The van der Waals surface area contributed by atoms with Gasteiger partial charge in [-0.15, -0.1) is 0 Å². The quantitative estimate of drug-likeness (QED) is 0.244. The molecular formula is C27H39NO7. The van der Waals surface area contributed by atoms with Gasteiger partial charge in [0.25, 0.3) is 0 Å². The van der Waals surface area contributed by atoms with Gasteiger partial charge in [0.15, 0.2) is 5.78 Å². The number of piperidine rings is 1. The fourth-order valence-corrected chi connectivity index (χ4v) is 4.51. The average molecular weight is 490 g/mol. The number of aliphatic hydroxyl groups excluding tert-OH is 1. The molecule has 2 amide bonds. The zero-order valence-corrected chi connectivity index (χ0v) is 21.2. The molecule has 8 heteroatoms. The zero-order chi connectivity index (χ0) is 26.0. The number of rotatable bonds is 7. The van der Waals surface area contributed by atoms with Crippen LogP contribution in [0, 0.1) is 17.8 Å². The van der Waals surface area contributed by atoms with E-state index in [2.05, 4.69) is 5.32 Å². The Morgan fingerprint density at radius 3 is 2.60 bits per heavy atom. The number of aliphatic hydroxyl groups is 1. The summed E-state index contributed by atoms with van der Waals surface area (Å²) < 4.78 is 11.2. The first kappa shape index (κ1) is 28.7. The molecule has 0 radical (unpaired) electrons. The van der Waals surface area contributed by atoms with Crippen LogP contribution in [0.3, 0.4) is 0 Å². The van der Waals surface area contributed by atoms with Crippen molar-refractivity contribution in [3.05, 3.63) is 36.0 Å². The lowest BCUT2D eigenvalue weighted by Gasteiger charge is -2.32. The molecule has 0 unspecified atom stereocenters. The standard InChI is InChI=1S/C27H39NO7/c1-17(21(29)11-9-10-20-15-23(30)28-24(31)16-20)14-18(2)27-19(3)26(33)22(34-4)12-7-5-6-8-13-25(32)35-27/h7,9,11-12,14,17,19-20,22,26-27,33H,5-6,8,10,13,15-16H2,1-4H3,(H,28,30,31)/b11-9+,12-7+,18-14+/t17-,19-,22-,26-,27-/m0/s1. The van der Waals surface area contributed by atoms with Crippen LogP contribution in [0.5, 0.6) is 0 Å². The van der Waals surface area contributed by atoms with Gasteiger partial charge in [-0.2, -0.15) is 0 Å². The van der Waals surface area contributed by atoms with Crippen LogP contribution in [0.1, 0.15) is 65.7 Å². The van der Waals surface area contributed by atoms with Gasteiger partial charge in [-0.1, -0.05) is 38.2 Å². The van der Waals surface area contributed by atoms with E-state index in [1.165, 1.54) is 13.2 Å². The number of ketones is 1. The van der Waals surface area contributed by atoms with Crippen LogP contribution in [0.15, 0.2) is 36.0 Å². The summed E-state index contributed by atoms with van der Waals surface area (Å²) in [5.41, 5.74) is 0.685. The van der Waals surface area contributed by atoms with Gasteiger partial charge in [-0.05, 0) is 50.2 Å². The number of amides is 2. The lowest BCUT2D eigenvalue weighted by molar-refractivity contribution is -0.153. The highest BCUT2D eigenvalue weighted by Gasteiger charge is 2.33. The zero-order valence-electron chi connectivity index (χ0n) is 21.2. The van der Waals surface area contributed by atoms with Gasteiger partial charge in [0.1, 0.15) is 12.2 Å². The van der Waals surface area contributed by atoms with Crippen molar-refractivity contribution in [2.75, 3.05) is 7.11 Å². The molecule has 0 aliphatic carbocycles. The maximum Gasteiger partial charge on any atom is 0.306 e. The number of ether oxygens (including phenoxy) is 2. The topological polar surface area (TPSA) is 119 Å². The SMILES string of the molecule is CO[C@H]1/C=C/CCCCC(=O)O[C@@H](/C(C)=C/[C@H](C)C(=O)/C=C/CC2CC(=O)NC(=O)C2)[C@@H](C)[C@@H]1O. The van der Waals surface area contributed by atoms with Gasteiger partial charge in [-0.3, -0.25) is 24.5 Å².